The van der Waals surface area contributed by atoms with Crippen molar-refractivity contribution in [3.63, 3.8) is 0 Å². The van der Waals surface area contributed by atoms with Gasteiger partial charge < -0.3 is 58.1 Å². The van der Waals surface area contributed by atoms with E-state index in [2.05, 4.69) is 121 Å². The fourth-order valence-electron chi connectivity index (χ4n) is 10.7. The van der Waals surface area contributed by atoms with Crippen molar-refractivity contribution in [3.05, 3.63) is 59.7 Å². The average molecular weight is 1650 g/mol. The van der Waals surface area contributed by atoms with Crippen molar-refractivity contribution >= 4 is 188 Å². The van der Waals surface area contributed by atoms with Crippen molar-refractivity contribution in [2.75, 3.05) is 73.2 Å². The highest BCUT2D eigenvalue weighted by atomic mass is 33.1. The summed E-state index contributed by atoms with van der Waals surface area (Å²) < 4.78 is 0. The number of rotatable bonds is 54. The van der Waals surface area contributed by atoms with Crippen LogP contribution in [0.4, 0.5) is 0 Å². The molecule has 2 unspecified atom stereocenters. The lowest BCUT2D eigenvalue weighted by Gasteiger charge is -2.29. The molecule has 107 heavy (non-hydrogen) atoms. The summed E-state index contributed by atoms with van der Waals surface area (Å²) in [5.74, 6) is -16.9. The number of benzene rings is 2. The van der Waals surface area contributed by atoms with Gasteiger partial charge in [0.2, 0.25) is 81.7 Å². The highest BCUT2D eigenvalue weighted by Gasteiger charge is 2.43. The number of primary amides is 1. The van der Waals surface area contributed by atoms with Crippen LogP contribution in [0.1, 0.15) is 64.0 Å². The molecule has 2 aliphatic heterocycles. The van der Waals surface area contributed by atoms with Crippen molar-refractivity contribution in [2.24, 2.45) is 11.5 Å². The summed E-state index contributed by atoms with van der Waals surface area (Å²) in [5.41, 5.74) is 22.3. The Balaban J connectivity index is 1.35. The molecule has 2 heterocycles. The number of aromatic hydroxyl groups is 2. The SMILES string of the molecule is CCSSCC1NCN(C(CSS)C(=O)N[C@@H](CCC(=O)O)C(=O)N[C@@H](Cc2ccc(O)cc2)C(=O)C(=O)[C@H](CS)NC(=O)[C@H](CS)NN[C@@H](CC(N)=O)C(=O)C(=O)[C@@H]2CCCN2CN[C@@H](C)C(=O)CN[C@@H](CS)C(=O)C(=O)[C@@H](NC(=O)CNN[C@@H](CS)C(=O)C(=O)[C@@H](N)Cc2ccc(O)cc2)[C@@H](C)O)C1=O. The number of nitrogens with zero attached hydrogens (tertiary/aromatic N) is 2. The van der Waals surface area contributed by atoms with Crippen LogP contribution >= 0.6 is 94.6 Å². The molecule has 6 amide bonds. The molecule has 43 heteroatoms. The van der Waals surface area contributed by atoms with E-state index >= 15 is 0 Å². The maximum atomic E-state index is 14.4. The number of carboxylic acids is 1. The maximum Gasteiger partial charge on any atom is 0.303 e. The number of nitrogens with two attached hydrogens (primary N) is 2. The number of carboxylic acid groups (broad SMARTS) is 1. The molecule has 0 saturated carbocycles. The van der Waals surface area contributed by atoms with E-state index in [-0.39, 0.29) is 61.5 Å². The van der Waals surface area contributed by atoms with E-state index in [0.717, 1.165) is 23.5 Å². The highest BCUT2D eigenvalue weighted by Crippen LogP contribution is 2.25. The Morgan fingerprint density at radius 2 is 1.20 bits per heavy atom. The van der Waals surface area contributed by atoms with Crippen molar-refractivity contribution in [1.29, 1.82) is 0 Å². The Morgan fingerprint density at radius 1 is 0.645 bits per heavy atom. The molecule has 0 radical (unpaired) electrons. The quantitative estimate of drug-likeness (QED) is 0.00968. The number of thiol groups is 5. The first-order valence-electron chi connectivity index (χ1n) is 33.5. The maximum absolute atomic E-state index is 14.4. The van der Waals surface area contributed by atoms with Gasteiger partial charge in [-0.1, -0.05) is 63.6 Å². The Kier molecular flexibility index (Phi) is 41.6. The topological polar surface area (TPSA) is 545 Å². The first kappa shape index (κ1) is 93.1. The van der Waals surface area contributed by atoms with Gasteiger partial charge in [-0.05, 0) is 74.9 Å². The molecule has 4 rings (SSSR count). The van der Waals surface area contributed by atoms with Crippen LogP contribution in [0.5, 0.6) is 11.5 Å². The van der Waals surface area contributed by atoms with Crippen molar-refractivity contribution in [2.45, 2.75) is 150 Å². The number of carbonyl (C=O) groups is 16. The van der Waals surface area contributed by atoms with Gasteiger partial charge in [-0.2, -0.15) is 50.5 Å². The predicted molar refractivity (Wildman–Crippen MR) is 414 cm³/mol. The molecule has 592 valence electrons. The van der Waals surface area contributed by atoms with E-state index in [1.807, 2.05) is 6.92 Å². The van der Waals surface area contributed by atoms with Crippen LogP contribution in [0, 0.1) is 0 Å². The van der Waals surface area contributed by atoms with E-state index in [1.165, 1.54) is 71.1 Å². The van der Waals surface area contributed by atoms with Gasteiger partial charge in [0.1, 0.15) is 41.7 Å². The molecule has 14 atom stereocenters. The molecule has 2 aromatic carbocycles. The molecule has 2 aliphatic rings. The number of Topliss-reactive ketones (excluding diaryl/α,β-unsaturated/α-hetero) is 9. The van der Waals surface area contributed by atoms with E-state index < -0.39 is 228 Å². The molecule has 0 spiro atoms. The Morgan fingerprint density at radius 3 is 1.77 bits per heavy atom. The van der Waals surface area contributed by atoms with E-state index in [0.29, 0.717) is 23.3 Å². The van der Waals surface area contributed by atoms with Gasteiger partial charge in [-0.15, -0.1) is 11.7 Å². The first-order chi connectivity index (χ1) is 50.7. The number of carbonyl (C=O) groups excluding carboxylic acids is 15. The molecule has 2 fully saturated rings. The molecular weight excluding hydrogens is 1560 g/mol. The number of phenolic OH excluding ortho intramolecular Hbond substituents is 2. The van der Waals surface area contributed by atoms with Crippen LogP contribution in [0.25, 0.3) is 0 Å². The Hall–Kier alpha value is -6.24. The molecule has 2 aromatic rings. The van der Waals surface area contributed by atoms with Gasteiger partial charge in [0.25, 0.3) is 0 Å². The summed E-state index contributed by atoms with van der Waals surface area (Å²) in [6.07, 6.45) is -3.49. The van der Waals surface area contributed by atoms with Crippen molar-refractivity contribution < 1.29 is 97.1 Å². The zero-order chi connectivity index (χ0) is 79.8. The van der Waals surface area contributed by atoms with Crippen LogP contribution in [0.15, 0.2) is 48.5 Å². The lowest BCUT2D eigenvalue weighted by Crippen LogP contribution is -2.61. The number of likely N-dealkylation sites (tertiary alicyclic amines) is 1. The molecule has 0 aliphatic carbocycles. The number of nitrogens with one attached hydrogen (secondary N) is 11. The zero-order valence-corrected chi connectivity index (χ0v) is 65.4. The number of hydrazine groups is 2. The monoisotopic (exact) mass is 1650 g/mol. The second-order valence-electron chi connectivity index (χ2n) is 24.7. The summed E-state index contributed by atoms with van der Waals surface area (Å²) in [6.45, 7) is 3.43. The lowest BCUT2D eigenvalue weighted by molar-refractivity contribution is -0.142. The van der Waals surface area contributed by atoms with Gasteiger partial charge in [-0.3, -0.25) is 97.6 Å². The average Bonchev–Trinajstić information content (AvgIpc) is 1.72. The number of aliphatic hydroxyl groups excluding tert-OH is 1. The van der Waals surface area contributed by atoms with E-state index in [1.54, 1.807) is 15.7 Å². The number of amides is 6. The van der Waals surface area contributed by atoms with Crippen LogP contribution in [-0.4, -0.2) is 282 Å². The second-order valence-corrected chi connectivity index (χ2v) is 30.3. The predicted octanol–water partition coefficient (Wildman–Crippen LogP) is -5.13. The van der Waals surface area contributed by atoms with Crippen molar-refractivity contribution in [1.82, 2.24) is 68.7 Å². The van der Waals surface area contributed by atoms with E-state index in [9.17, 15) is 97.1 Å². The molecular formula is C64H93N15O20S8. The number of hydrogen-bond acceptors (Lipinski definition) is 36. The highest BCUT2D eigenvalue weighted by molar-refractivity contribution is 8.76. The number of ketones is 9. The number of aliphatic hydroxyl groups is 1. The van der Waals surface area contributed by atoms with Gasteiger partial charge in [0, 0.05) is 66.3 Å². The van der Waals surface area contributed by atoms with Gasteiger partial charge in [0.05, 0.1) is 80.6 Å². The minimum absolute atomic E-state index is 0.00879. The number of phenols is 2. The van der Waals surface area contributed by atoms with Gasteiger partial charge >= 0.3 is 5.97 Å². The van der Waals surface area contributed by atoms with Gasteiger partial charge in [-0.25, -0.2) is 21.7 Å². The first-order valence-corrected chi connectivity index (χ1v) is 40.5. The largest absolute Gasteiger partial charge is 0.508 e. The number of hydrogen-bond donors (Lipinski definition) is 22. The minimum Gasteiger partial charge on any atom is -0.508 e. The number of aliphatic carboxylic acids is 1. The second kappa shape index (κ2) is 47.7. The molecule has 2 saturated heterocycles. The van der Waals surface area contributed by atoms with Crippen LogP contribution in [0.3, 0.4) is 0 Å². The van der Waals surface area contributed by atoms with E-state index in [4.69, 9.17) is 11.5 Å². The van der Waals surface area contributed by atoms with Crippen LogP contribution in [-0.2, 0) is 89.6 Å². The molecule has 0 aromatic heterocycles. The molecule has 35 nitrogen and oxygen atoms in total. The van der Waals surface area contributed by atoms with Crippen LogP contribution in [0.2, 0.25) is 0 Å². The fourth-order valence-corrected chi connectivity index (χ4v) is 14.5. The lowest BCUT2D eigenvalue weighted by atomic mass is 9.96. The zero-order valence-electron chi connectivity index (χ0n) is 58.5. The third-order valence-electron chi connectivity index (χ3n) is 16.8. The smallest absolute Gasteiger partial charge is 0.303 e. The standard InChI is InChI=1S/C64H93N15O20S8/c1-4-106-107-27-45-64(99)79(30-69-45)47(28-105-104)63(98)71-38(15-16-51(86)87)61(96)72-39(19-34-9-13-36(82)14-10-34)54(89)57(92)42(24-101)73-62(97)44(26-103)77-76-40(20-49(66)84)55(90)59(94)46-6-5-17-78(46)29-68-31(2)48(83)21-67-41(23-100)56(91)60(95)52(32(3)80)74-50(85)22-70-75-43(25-102)58(93)53(88)37(65)18-33-7-11-35(81)12-8-33/h7-14,31-32,37-47,52,67-70,75-77,80-82,100-104H,4-6,15-30,65H2,1-3H3,(H2,66,84)(H,71,98)(H,72,96)(H,73,97)(H,74,85)(H,86,87)/t31-,32+,37-,38-,39-,40-,41-,42-,43-,44-,45?,46-,47?,52-/m0/s1. The Labute approximate surface area is 655 Å². The molecule has 0 bridgehead atoms. The third kappa shape index (κ3) is 29.8. The Bertz CT molecular complexity index is 3470. The fraction of sp³-hybridized carbons (Fsp3) is 0.562. The summed E-state index contributed by atoms with van der Waals surface area (Å²) in [4.78, 5) is 218. The normalized spacial score (nSPS) is 17.8. The van der Waals surface area contributed by atoms with Crippen LogP contribution < -0.4 is 70.4 Å². The summed E-state index contributed by atoms with van der Waals surface area (Å²) in [5, 5.41) is 57.9. The molecule has 19 N–H and O–H groups in total. The minimum atomic E-state index is -1.79. The summed E-state index contributed by atoms with van der Waals surface area (Å²) in [6, 6.07) is -6.88. The van der Waals surface area contributed by atoms with Crippen molar-refractivity contribution in [3.8, 4) is 11.5 Å². The third-order valence-corrected chi connectivity index (χ3v) is 21.6. The summed E-state index contributed by atoms with van der Waals surface area (Å²) in [7, 11) is 3.93. The van der Waals surface area contributed by atoms with Gasteiger partial charge in [0.15, 0.2) is 5.78 Å². The summed E-state index contributed by atoms with van der Waals surface area (Å²) >= 11 is 20.9.